The zero-order chi connectivity index (χ0) is 30.3. The number of carboxylic acids is 1. The van der Waals surface area contributed by atoms with Crippen LogP contribution in [-0.4, -0.2) is 72.1 Å². The highest BCUT2D eigenvalue weighted by Gasteiger charge is 2.42. The van der Waals surface area contributed by atoms with Crippen LogP contribution < -0.4 is 15.5 Å². The van der Waals surface area contributed by atoms with Crippen molar-refractivity contribution in [1.82, 2.24) is 4.90 Å². The first-order valence-electron chi connectivity index (χ1n) is 14.2. The summed E-state index contributed by atoms with van der Waals surface area (Å²) >= 11 is 6.16. The molecule has 224 valence electrons. The fraction of sp³-hybridized carbons (Fsp3) is 0.312. The summed E-state index contributed by atoms with van der Waals surface area (Å²) in [5.41, 5.74) is 2.88. The fourth-order valence-corrected chi connectivity index (χ4v) is 5.64. The largest absolute Gasteiger partial charge is 0.481 e. The molecule has 0 radical (unpaired) electrons. The minimum Gasteiger partial charge on any atom is -0.481 e. The van der Waals surface area contributed by atoms with Gasteiger partial charge in [-0.1, -0.05) is 41.9 Å². The zero-order valence-electron chi connectivity index (χ0n) is 23.5. The Labute approximate surface area is 254 Å². The molecule has 3 amide bonds. The highest BCUT2D eigenvalue weighted by molar-refractivity contribution is 6.31. The molecule has 1 saturated heterocycles. The summed E-state index contributed by atoms with van der Waals surface area (Å²) in [5.74, 6) is -2.73. The summed E-state index contributed by atoms with van der Waals surface area (Å²) in [6.07, 6.45) is 0.111. The maximum absolute atomic E-state index is 14.1. The number of halogens is 1. The summed E-state index contributed by atoms with van der Waals surface area (Å²) < 4.78 is 5.43. The van der Waals surface area contributed by atoms with Gasteiger partial charge in [0, 0.05) is 35.9 Å². The van der Waals surface area contributed by atoms with Gasteiger partial charge in [-0.3, -0.25) is 19.2 Å². The van der Waals surface area contributed by atoms with Crippen LogP contribution in [0, 0.1) is 0 Å². The third kappa shape index (κ3) is 7.33. The molecule has 3 aromatic rings. The number of anilines is 3. The van der Waals surface area contributed by atoms with Gasteiger partial charge in [-0.05, 0) is 67.3 Å². The quantitative estimate of drug-likeness (QED) is 0.312. The lowest BCUT2D eigenvalue weighted by atomic mass is 9.98. The fourth-order valence-electron chi connectivity index (χ4n) is 5.47. The standard InChI is InChI=1S/C32H33ClN4O6/c33-22-7-12-25-26(20-22)35-31(41)28(14-15-29(38)39)37(32(25)42)27(13-6-21-4-2-1-3-5-21)30(40)34-23-8-10-24(11-9-23)36-16-18-43-19-17-36/h1-5,7-12,20,27-28H,6,13-19H2,(H,34,40)(H,35,41)(H,38,39). The molecule has 0 aromatic heterocycles. The lowest BCUT2D eigenvalue weighted by Gasteiger charge is -2.35. The normalized spacial score (nSPS) is 17.5. The van der Waals surface area contributed by atoms with Crippen molar-refractivity contribution >= 4 is 52.4 Å². The first kappa shape index (κ1) is 30.1. The van der Waals surface area contributed by atoms with Gasteiger partial charge in [0.2, 0.25) is 11.8 Å². The first-order valence-corrected chi connectivity index (χ1v) is 14.6. The summed E-state index contributed by atoms with van der Waals surface area (Å²) in [5, 5.41) is 15.4. The summed E-state index contributed by atoms with van der Waals surface area (Å²) in [7, 11) is 0. The average Bonchev–Trinajstić information content (AvgIpc) is 3.10. The van der Waals surface area contributed by atoms with Gasteiger partial charge >= 0.3 is 5.97 Å². The third-order valence-electron chi connectivity index (χ3n) is 7.67. The monoisotopic (exact) mass is 604 g/mol. The molecule has 43 heavy (non-hydrogen) atoms. The number of nitrogens with one attached hydrogen (secondary N) is 2. The molecular formula is C32H33ClN4O6. The number of morpholine rings is 1. The maximum Gasteiger partial charge on any atom is 0.303 e. The molecule has 11 heteroatoms. The van der Waals surface area contributed by atoms with Crippen molar-refractivity contribution in [2.45, 2.75) is 37.8 Å². The molecule has 0 aliphatic carbocycles. The summed E-state index contributed by atoms with van der Waals surface area (Å²) in [6.45, 7) is 2.85. The topological polar surface area (TPSA) is 128 Å². The van der Waals surface area contributed by atoms with E-state index in [1.807, 2.05) is 42.5 Å². The lowest BCUT2D eigenvalue weighted by molar-refractivity contribution is -0.137. The number of carboxylic acid groups (broad SMARTS) is 1. The Kier molecular flexibility index (Phi) is 9.58. The van der Waals surface area contributed by atoms with Crippen LogP contribution in [0.25, 0.3) is 0 Å². The van der Waals surface area contributed by atoms with Crippen molar-refractivity contribution in [3.8, 4) is 0 Å². The molecule has 2 aliphatic rings. The van der Waals surface area contributed by atoms with E-state index >= 15 is 0 Å². The Balaban J connectivity index is 1.48. The van der Waals surface area contributed by atoms with Crippen LogP contribution in [-0.2, 0) is 25.5 Å². The number of nitrogens with zero attached hydrogens (tertiary/aromatic N) is 2. The van der Waals surface area contributed by atoms with Gasteiger partial charge in [-0.15, -0.1) is 0 Å². The molecule has 5 rings (SSSR count). The van der Waals surface area contributed by atoms with Gasteiger partial charge in [0.05, 0.1) is 24.5 Å². The van der Waals surface area contributed by atoms with Gasteiger partial charge in [0.1, 0.15) is 12.1 Å². The number of carbonyl (C=O) groups excluding carboxylic acids is 3. The van der Waals surface area contributed by atoms with Crippen LogP contribution in [0.4, 0.5) is 17.1 Å². The van der Waals surface area contributed by atoms with Crippen LogP contribution in [0.3, 0.4) is 0 Å². The number of rotatable bonds is 10. The van der Waals surface area contributed by atoms with Crippen LogP contribution >= 0.6 is 11.6 Å². The van der Waals surface area contributed by atoms with Crippen molar-refractivity contribution in [3.05, 3.63) is 88.9 Å². The average molecular weight is 605 g/mol. The van der Waals surface area contributed by atoms with E-state index < -0.39 is 35.8 Å². The summed E-state index contributed by atoms with van der Waals surface area (Å²) in [6, 6.07) is 19.2. The molecule has 10 nitrogen and oxygen atoms in total. The van der Waals surface area contributed by atoms with Crippen molar-refractivity contribution in [3.63, 3.8) is 0 Å². The molecular weight excluding hydrogens is 572 g/mol. The van der Waals surface area contributed by atoms with E-state index in [2.05, 4.69) is 15.5 Å². The van der Waals surface area contributed by atoms with Crippen LogP contribution in [0.2, 0.25) is 5.02 Å². The van der Waals surface area contributed by atoms with Gasteiger partial charge in [0.25, 0.3) is 5.91 Å². The van der Waals surface area contributed by atoms with E-state index in [0.29, 0.717) is 30.3 Å². The van der Waals surface area contributed by atoms with Crippen molar-refractivity contribution in [2.75, 3.05) is 41.8 Å². The number of carbonyl (C=O) groups is 4. The second-order valence-corrected chi connectivity index (χ2v) is 11.0. The minimum atomic E-state index is -1.20. The van der Waals surface area contributed by atoms with Gasteiger partial charge in [-0.2, -0.15) is 0 Å². The predicted octanol–water partition coefficient (Wildman–Crippen LogP) is 4.44. The molecule has 2 unspecified atom stereocenters. The van der Waals surface area contributed by atoms with Crippen molar-refractivity contribution < 1.29 is 29.0 Å². The number of amides is 3. The maximum atomic E-state index is 14.1. The number of ether oxygens (including phenoxy) is 1. The van der Waals surface area contributed by atoms with Gasteiger partial charge in [0.15, 0.2) is 0 Å². The predicted molar refractivity (Wildman–Crippen MR) is 164 cm³/mol. The van der Waals surface area contributed by atoms with Crippen molar-refractivity contribution in [1.29, 1.82) is 0 Å². The summed E-state index contributed by atoms with van der Waals surface area (Å²) in [4.78, 5) is 56.7. The van der Waals surface area contributed by atoms with E-state index in [-0.39, 0.29) is 30.5 Å². The van der Waals surface area contributed by atoms with E-state index in [0.717, 1.165) is 24.3 Å². The van der Waals surface area contributed by atoms with E-state index in [1.165, 1.54) is 23.1 Å². The van der Waals surface area contributed by atoms with E-state index in [1.54, 1.807) is 12.1 Å². The smallest absolute Gasteiger partial charge is 0.303 e. The van der Waals surface area contributed by atoms with Gasteiger partial charge < -0.3 is 30.3 Å². The van der Waals surface area contributed by atoms with Gasteiger partial charge in [-0.25, -0.2) is 0 Å². The molecule has 0 spiro atoms. The first-order chi connectivity index (χ1) is 20.8. The number of fused-ring (bicyclic) bond motifs is 1. The Morgan fingerprint density at radius 2 is 1.74 bits per heavy atom. The Hall–Kier alpha value is -4.41. The zero-order valence-corrected chi connectivity index (χ0v) is 24.3. The highest BCUT2D eigenvalue weighted by atomic mass is 35.5. The Bertz CT molecular complexity index is 1480. The third-order valence-corrected chi connectivity index (χ3v) is 7.91. The molecule has 3 aromatic carbocycles. The SMILES string of the molecule is O=C(O)CCC1C(=O)Nc2cc(Cl)ccc2C(=O)N1C(CCc1ccccc1)C(=O)Nc1ccc(N2CCOCC2)cc1. The number of aliphatic carboxylic acids is 1. The molecule has 0 bridgehead atoms. The van der Waals surface area contributed by atoms with Crippen molar-refractivity contribution in [2.24, 2.45) is 0 Å². The highest BCUT2D eigenvalue weighted by Crippen LogP contribution is 2.31. The Morgan fingerprint density at radius 1 is 1.02 bits per heavy atom. The number of hydrogen-bond acceptors (Lipinski definition) is 6. The number of aryl methyl sites for hydroxylation is 1. The number of hydrogen-bond donors (Lipinski definition) is 3. The minimum absolute atomic E-state index is 0.169. The molecule has 2 aliphatic heterocycles. The molecule has 2 heterocycles. The molecule has 3 N–H and O–H groups in total. The Morgan fingerprint density at radius 3 is 2.44 bits per heavy atom. The molecule has 1 fully saturated rings. The van der Waals surface area contributed by atoms with Crippen LogP contribution in [0.5, 0.6) is 0 Å². The van der Waals surface area contributed by atoms with E-state index in [4.69, 9.17) is 16.3 Å². The van der Waals surface area contributed by atoms with Crippen LogP contribution in [0.15, 0.2) is 72.8 Å². The number of benzene rings is 3. The lowest BCUT2D eigenvalue weighted by Crippen LogP contribution is -2.55. The second kappa shape index (κ2) is 13.7. The molecule has 2 atom stereocenters. The molecule has 0 saturated carbocycles. The van der Waals surface area contributed by atoms with E-state index in [9.17, 15) is 24.3 Å². The second-order valence-electron chi connectivity index (χ2n) is 10.5. The van der Waals surface area contributed by atoms with Crippen LogP contribution in [0.1, 0.15) is 35.2 Å².